The minimum absolute atomic E-state index is 0.0631. The van der Waals surface area contributed by atoms with E-state index in [1.54, 1.807) is 12.1 Å². The molecule has 0 aliphatic rings. The van der Waals surface area contributed by atoms with Gasteiger partial charge in [-0.15, -0.1) is 0 Å². The minimum Gasteiger partial charge on any atom is -0.410 e. The summed E-state index contributed by atoms with van der Waals surface area (Å²) >= 11 is 0. The minimum atomic E-state index is -0.0631. The molecule has 0 aromatic carbocycles. The van der Waals surface area contributed by atoms with Gasteiger partial charge in [-0.2, -0.15) is 5.26 Å². The maximum atomic E-state index is 8.58. The summed E-state index contributed by atoms with van der Waals surface area (Å²) in [5.74, 6) is 0. The highest BCUT2D eigenvalue weighted by Crippen LogP contribution is 2.05. The van der Waals surface area contributed by atoms with E-state index in [4.69, 9.17) is 10.5 Å². The quantitative estimate of drug-likeness (QED) is 0.398. The number of aromatic nitrogens is 1. The molecular formula is C9H9N3O. The van der Waals surface area contributed by atoms with E-state index in [2.05, 4.69) is 10.1 Å². The molecule has 66 valence electrons. The fourth-order valence-corrected chi connectivity index (χ4v) is 1.09. The molecule has 0 amide bonds. The van der Waals surface area contributed by atoms with Crippen molar-refractivity contribution in [1.82, 2.24) is 4.98 Å². The topological polar surface area (TPSA) is 69.3 Å². The molecule has 0 unspecified atom stereocenters. The lowest BCUT2D eigenvalue weighted by Crippen LogP contribution is -2.02. The Morgan fingerprint density at radius 2 is 2.23 bits per heavy atom. The maximum Gasteiger partial charge on any atom is 0.205 e. The first kappa shape index (κ1) is 9.20. The first-order chi connectivity index (χ1) is 6.17. The number of pyridine rings is 1. The molecule has 0 atom stereocenters. The highest BCUT2D eigenvalue weighted by molar-refractivity contribution is 6.10. The summed E-state index contributed by atoms with van der Waals surface area (Å²) in [6.07, 6.45) is 0. The Kier molecular flexibility index (Phi) is 2.60. The van der Waals surface area contributed by atoms with E-state index in [0.717, 1.165) is 11.3 Å². The molecule has 0 saturated carbocycles. The van der Waals surface area contributed by atoms with E-state index < -0.39 is 0 Å². The van der Waals surface area contributed by atoms with Crippen LogP contribution in [0.1, 0.15) is 17.0 Å². The third-order valence-electron chi connectivity index (χ3n) is 1.55. The van der Waals surface area contributed by atoms with Crippen molar-refractivity contribution >= 4 is 5.71 Å². The highest BCUT2D eigenvalue weighted by atomic mass is 16.4. The molecular weight excluding hydrogens is 166 g/mol. The zero-order valence-corrected chi connectivity index (χ0v) is 7.44. The second-order valence-corrected chi connectivity index (χ2v) is 2.73. The van der Waals surface area contributed by atoms with Gasteiger partial charge in [-0.3, -0.25) is 4.98 Å². The summed E-state index contributed by atoms with van der Waals surface area (Å²) in [5, 5.41) is 19.9. The van der Waals surface area contributed by atoms with Gasteiger partial charge in [0.05, 0.1) is 0 Å². The Hall–Kier alpha value is -1.89. The lowest BCUT2D eigenvalue weighted by molar-refractivity contribution is 0.320. The Morgan fingerprint density at radius 3 is 2.69 bits per heavy atom. The molecule has 1 N–H and O–H groups in total. The molecule has 13 heavy (non-hydrogen) atoms. The van der Waals surface area contributed by atoms with Crippen LogP contribution in [0.25, 0.3) is 0 Å². The average molecular weight is 175 g/mol. The lowest BCUT2D eigenvalue weighted by atomic mass is 10.2. The largest absolute Gasteiger partial charge is 0.410 e. The van der Waals surface area contributed by atoms with Crippen LogP contribution in [0.15, 0.2) is 17.3 Å². The predicted molar refractivity (Wildman–Crippen MR) is 47.6 cm³/mol. The normalized spacial score (nSPS) is 11.0. The van der Waals surface area contributed by atoms with Gasteiger partial charge in [0, 0.05) is 5.69 Å². The highest BCUT2D eigenvalue weighted by Gasteiger charge is 2.05. The Morgan fingerprint density at radius 1 is 1.54 bits per heavy atom. The molecule has 4 nitrogen and oxygen atoms in total. The summed E-state index contributed by atoms with van der Waals surface area (Å²) in [4.78, 5) is 4.06. The Labute approximate surface area is 76.1 Å². The molecule has 0 aliphatic heterocycles. The van der Waals surface area contributed by atoms with E-state index in [0.29, 0.717) is 5.69 Å². The fraction of sp³-hybridized carbons (Fsp3) is 0.222. The molecule has 0 fully saturated rings. The molecule has 0 saturated heterocycles. The van der Waals surface area contributed by atoms with Gasteiger partial charge in [0.2, 0.25) is 5.71 Å². The van der Waals surface area contributed by atoms with Crippen LogP contribution in [0.3, 0.4) is 0 Å². The van der Waals surface area contributed by atoms with Gasteiger partial charge in [0.25, 0.3) is 0 Å². The van der Waals surface area contributed by atoms with Crippen LogP contribution in [0, 0.1) is 25.2 Å². The standard InChI is InChI=1S/C9H9N3O/c1-6-3-7(2)11-8(4-6)9(5-10)12-13/h3-4,13H,1-2H3/b12-9+. The average Bonchev–Trinajstić information content (AvgIpc) is 2.04. The fourth-order valence-electron chi connectivity index (χ4n) is 1.09. The van der Waals surface area contributed by atoms with E-state index in [-0.39, 0.29) is 5.71 Å². The van der Waals surface area contributed by atoms with Crippen molar-refractivity contribution in [2.75, 3.05) is 0 Å². The van der Waals surface area contributed by atoms with Crippen LogP contribution < -0.4 is 0 Å². The van der Waals surface area contributed by atoms with E-state index in [9.17, 15) is 0 Å². The first-order valence-electron chi connectivity index (χ1n) is 3.75. The van der Waals surface area contributed by atoms with Crippen molar-refractivity contribution in [1.29, 1.82) is 5.26 Å². The number of nitriles is 1. The van der Waals surface area contributed by atoms with Crippen LogP contribution in [-0.2, 0) is 0 Å². The SMILES string of the molecule is Cc1cc(C)nc(/C(C#N)=N/O)c1. The Bertz CT molecular complexity index is 370. The van der Waals surface area contributed by atoms with E-state index in [1.807, 2.05) is 19.9 Å². The summed E-state index contributed by atoms with van der Waals surface area (Å²) in [6.45, 7) is 3.72. The third kappa shape index (κ3) is 2.03. The number of hydrogen-bond acceptors (Lipinski definition) is 4. The molecule has 0 radical (unpaired) electrons. The predicted octanol–water partition coefficient (Wildman–Crippen LogP) is 1.40. The zero-order chi connectivity index (χ0) is 9.84. The van der Waals surface area contributed by atoms with Gasteiger partial charge in [-0.25, -0.2) is 0 Å². The molecule has 1 rings (SSSR count). The maximum absolute atomic E-state index is 8.58. The van der Waals surface area contributed by atoms with Gasteiger partial charge < -0.3 is 5.21 Å². The van der Waals surface area contributed by atoms with Crippen LogP contribution in [0.4, 0.5) is 0 Å². The molecule has 0 aliphatic carbocycles. The van der Waals surface area contributed by atoms with Crippen molar-refractivity contribution in [3.8, 4) is 6.07 Å². The summed E-state index contributed by atoms with van der Waals surface area (Å²) < 4.78 is 0. The summed E-state index contributed by atoms with van der Waals surface area (Å²) in [7, 11) is 0. The van der Waals surface area contributed by atoms with Crippen LogP contribution >= 0.6 is 0 Å². The first-order valence-corrected chi connectivity index (χ1v) is 3.75. The van der Waals surface area contributed by atoms with Crippen LogP contribution in [-0.4, -0.2) is 15.9 Å². The van der Waals surface area contributed by atoms with Gasteiger partial charge in [0.1, 0.15) is 11.8 Å². The monoisotopic (exact) mass is 175 g/mol. The van der Waals surface area contributed by atoms with Gasteiger partial charge in [-0.05, 0) is 31.5 Å². The van der Waals surface area contributed by atoms with Crippen LogP contribution in [0.2, 0.25) is 0 Å². The van der Waals surface area contributed by atoms with Crippen molar-refractivity contribution in [2.24, 2.45) is 5.16 Å². The van der Waals surface area contributed by atoms with Crippen molar-refractivity contribution in [3.63, 3.8) is 0 Å². The smallest absolute Gasteiger partial charge is 0.205 e. The van der Waals surface area contributed by atoms with Crippen molar-refractivity contribution < 1.29 is 5.21 Å². The number of nitrogens with zero attached hydrogens (tertiary/aromatic N) is 3. The zero-order valence-electron chi connectivity index (χ0n) is 7.44. The van der Waals surface area contributed by atoms with Gasteiger partial charge in [0.15, 0.2) is 0 Å². The number of rotatable bonds is 1. The van der Waals surface area contributed by atoms with E-state index in [1.165, 1.54) is 0 Å². The Balaban J connectivity index is 3.24. The summed E-state index contributed by atoms with van der Waals surface area (Å²) in [5.41, 5.74) is 2.12. The van der Waals surface area contributed by atoms with Crippen molar-refractivity contribution in [3.05, 3.63) is 29.1 Å². The second-order valence-electron chi connectivity index (χ2n) is 2.73. The number of aryl methyl sites for hydroxylation is 2. The van der Waals surface area contributed by atoms with Crippen molar-refractivity contribution in [2.45, 2.75) is 13.8 Å². The van der Waals surface area contributed by atoms with Gasteiger partial charge >= 0.3 is 0 Å². The molecule has 1 aromatic rings. The summed E-state index contributed by atoms with van der Waals surface area (Å²) in [6, 6.07) is 5.34. The van der Waals surface area contributed by atoms with Gasteiger partial charge in [-0.1, -0.05) is 5.16 Å². The van der Waals surface area contributed by atoms with Crippen LogP contribution in [0.5, 0.6) is 0 Å². The third-order valence-corrected chi connectivity index (χ3v) is 1.55. The second kappa shape index (κ2) is 3.68. The number of hydrogen-bond donors (Lipinski definition) is 1. The molecule has 0 spiro atoms. The molecule has 1 aromatic heterocycles. The number of oxime groups is 1. The molecule has 0 bridgehead atoms. The van der Waals surface area contributed by atoms with E-state index >= 15 is 0 Å². The molecule has 4 heteroatoms. The lowest BCUT2D eigenvalue weighted by Gasteiger charge is -1.99. The molecule has 1 heterocycles.